The van der Waals surface area contributed by atoms with Gasteiger partial charge in [-0.3, -0.25) is 9.89 Å². The lowest BCUT2D eigenvalue weighted by Gasteiger charge is -2.11. The predicted octanol–water partition coefficient (Wildman–Crippen LogP) is 2.20. The van der Waals surface area contributed by atoms with Crippen LogP contribution in [0.1, 0.15) is 6.92 Å². The van der Waals surface area contributed by atoms with Gasteiger partial charge in [-0.2, -0.15) is 5.10 Å². The number of nitrogens with zero attached hydrogens (tertiary/aromatic N) is 2. The Hall–Kier alpha value is -1.96. The summed E-state index contributed by atoms with van der Waals surface area (Å²) >= 11 is 1.10. The molecule has 1 amide bonds. The number of thioether (sulfide) groups is 1. The molecule has 5 nitrogen and oxygen atoms in total. The van der Waals surface area contributed by atoms with E-state index in [4.69, 9.17) is 0 Å². The quantitative estimate of drug-likeness (QED) is 0.844. The van der Waals surface area contributed by atoms with E-state index in [0.717, 1.165) is 23.9 Å². The summed E-state index contributed by atoms with van der Waals surface area (Å²) in [5.41, 5.74) is -0.447. The molecule has 0 saturated heterocycles. The predicted molar refractivity (Wildman–Crippen MR) is 66.7 cm³/mol. The highest BCUT2D eigenvalue weighted by atomic mass is 32.2. The van der Waals surface area contributed by atoms with Gasteiger partial charge in [0.15, 0.2) is 5.16 Å². The largest absolute Gasteiger partial charge is 0.320 e. The van der Waals surface area contributed by atoms with Crippen molar-refractivity contribution in [3.05, 3.63) is 36.2 Å². The lowest BCUT2D eigenvalue weighted by Crippen LogP contribution is -2.23. The van der Waals surface area contributed by atoms with E-state index < -0.39 is 28.5 Å². The number of nitrogens with one attached hydrogen (secondary N) is 2. The molecule has 2 aromatic rings. The molecule has 8 heteroatoms. The number of para-hydroxylation sites is 1. The summed E-state index contributed by atoms with van der Waals surface area (Å²) in [6, 6.07) is 3.38. The summed E-state index contributed by atoms with van der Waals surface area (Å²) in [5, 5.41) is 8.32. The Morgan fingerprint density at radius 2 is 2.11 bits per heavy atom. The number of amides is 1. The Morgan fingerprint density at radius 3 is 2.68 bits per heavy atom. The zero-order valence-corrected chi connectivity index (χ0v) is 10.7. The van der Waals surface area contributed by atoms with Gasteiger partial charge < -0.3 is 5.32 Å². The van der Waals surface area contributed by atoms with Crippen molar-refractivity contribution in [1.29, 1.82) is 0 Å². The Labute approximate surface area is 111 Å². The SMILES string of the molecule is C[C@@H](Sc1ncn[nH]1)C(=O)Nc1c(F)cccc1F. The first-order chi connectivity index (χ1) is 9.08. The summed E-state index contributed by atoms with van der Waals surface area (Å²) in [4.78, 5) is 15.7. The van der Waals surface area contributed by atoms with E-state index in [0.29, 0.717) is 5.16 Å². The molecular weight excluding hydrogens is 274 g/mol. The van der Waals surface area contributed by atoms with Crippen LogP contribution in [-0.2, 0) is 4.79 Å². The third-order valence-corrected chi connectivity index (χ3v) is 3.25. The van der Waals surface area contributed by atoms with Crippen molar-refractivity contribution in [2.75, 3.05) is 5.32 Å². The molecule has 19 heavy (non-hydrogen) atoms. The van der Waals surface area contributed by atoms with Crippen LogP contribution in [0.5, 0.6) is 0 Å². The number of hydrogen-bond acceptors (Lipinski definition) is 4. The first-order valence-corrected chi connectivity index (χ1v) is 6.23. The van der Waals surface area contributed by atoms with Gasteiger partial charge in [0, 0.05) is 0 Å². The van der Waals surface area contributed by atoms with E-state index in [1.165, 1.54) is 12.4 Å². The minimum atomic E-state index is -0.815. The van der Waals surface area contributed by atoms with Gasteiger partial charge in [-0.15, -0.1) is 0 Å². The lowest BCUT2D eigenvalue weighted by atomic mass is 10.3. The normalized spacial score (nSPS) is 12.2. The van der Waals surface area contributed by atoms with Crippen molar-refractivity contribution in [2.45, 2.75) is 17.3 Å². The van der Waals surface area contributed by atoms with Crippen molar-refractivity contribution < 1.29 is 13.6 Å². The van der Waals surface area contributed by atoms with Gasteiger partial charge in [-0.05, 0) is 19.1 Å². The number of carbonyl (C=O) groups excluding carboxylic acids is 1. The van der Waals surface area contributed by atoms with Crippen molar-refractivity contribution in [3.63, 3.8) is 0 Å². The number of anilines is 1. The van der Waals surface area contributed by atoms with Crippen molar-refractivity contribution in [2.24, 2.45) is 0 Å². The van der Waals surface area contributed by atoms with Gasteiger partial charge in [-0.1, -0.05) is 17.8 Å². The van der Waals surface area contributed by atoms with Crippen LogP contribution in [0.15, 0.2) is 29.7 Å². The van der Waals surface area contributed by atoms with Gasteiger partial charge in [0.1, 0.15) is 23.6 Å². The monoisotopic (exact) mass is 284 g/mol. The molecule has 2 N–H and O–H groups in total. The standard InChI is InChI=1S/C11H10F2N4OS/c1-6(19-11-14-5-15-17-11)10(18)16-9-7(12)3-2-4-8(9)13/h2-6H,1H3,(H,16,18)(H,14,15,17)/t6-/m1/s1. The van der Waals surface area contributed by atoms with Crippen LogP contribution in [0.25, 0.3) is 0 Å². The van der Waals surface area contributed by atoms with Gasteiger partial charge in [0.25, 0.3) is 0 Å². The summed E-state index contributed by atoms with van der Waals surface area (Å²) in [5.74, 6) is -2.15. The number of rotatable bonds is 4. The minimum Gasteiger partial charge on any atom is -0.320 e. The highest BCUT2D eigenvalue weighted by molar-refractivity contribution is 8.00. The smallest absolute Gasteiger partial charge is 0.237 e. The highest BCUT2D eigenvalue weighted by Crippen LogP contribution is 2.22. The van der Waals surface area contributed by atoms with Gasteiger partial charge in [0.2, 0.25) is 5.91 Å². The molecule has 0 aliphatic rings. The molecule has 0 radical (unpaired) electrons. The van der Waals surface area contributed by atoms with Crippen LogP contribution in [-0.4, -0.2) is 26.3 Å². The van der Waals surface area contributed by atoms with Crippen LogP contribution in [0, 0.1) is 11.6 Å². The molecule has 1 heterocycles. The second-order valence-corrected chi connectivity index (χ2v) is 4.97. The maximum atomic E-state index is 13.4. The fourth-order valence-corrected chi connectivity index (χ4v) is 2.03. The Balaban J connectivity index is 2.04. The van der Waals surface area contributed by atoms with Crippen molar-refractivity contribution in [3.8, 4) is 0 Å². The number of H-pyrrole nitrogens is 1. The Kier molecular flexibility index (Phi) is 4.10. The fraction of sp³-hybridized carbons (Fsp3) is 0.182. The first-order valence-electron chi connectivity index (χ1n) is 5.35. The minimum absolute atomic E-state index is 0.447. The molecule has 0 spiro atoms. The van der Waals surface area contributed by atoms with Crippen molar-refractivity contribution in [1.82, 2.24) is 15.2 Å². The third-order valence-electron chi connectivity index (χ3n) is 2.26. The zero-order valence-electron chi connectivity index (χ0n) is 9.85. The number of hydrogen-bond donors (Lipinski definition) is 2. The summed E-state index contributed by atoms with van der Waals surface area (Å²) < 4.78 is 26.7. The molecule has 0 aliphatic heterocycles. The molecule has 1 aromatic heterocycles. The van der Waals surface area contributed by atoms with E-state index in [9.17, 15) is 13.6 Å². The Bertz CT molecular complexity index is 556. The highest BCUT2D eigenvalue weighted by Gasteiger charge is 2.19. The number of aromatic nitrogens is 3. The lowest BCUT2D eigenvalue weighted by molar-refractivity contribution is -0.115. The van der Waals surface area contributed by atoms with E-state index in [-0.39, 0.29) is 0 Å². The molecule has 2 rings (SSSR count). The molecule has 0 fully saturated rings. The number of aromatic amines is 1. The van der Waals surface area contributed by atoms with E-state index in [2.05, 4.69) is 20.5 Å². The third kappa shape index (κ3) is 3.28. The molecule has 0 unspecified atom stereocenters. The molecular formula is C11H10F2N4OS. The average Bonchev–Trinajstić information content (AvgIpc) is 2.86. The molecule has 0 saturated carbocycles. The summed E-state index contributed by atoms with van der Waals surface area (Å²) in [7, 11) is 0. The maximum absolute atomic E-state index is 13.4. The van der Waals surface area contributed by atoms with Crippen LogP contribution in [0.3, 0.4) is 0 Å². The topological polar surface area (TPSA) is 70.7 Å². The second kappa shape index (κ2) is 5.79. The van der Waals surface area contributed by atoms with Gasteiger partial charge in [-0.25, -0.2) is 13.8 Å². The molecule has 100 valence electrons. The van der Waals surface area contributed by atoms with Crippen LogP contribution in [0.2, 0.25) is 0 Å². The van der Waals surface area contributed by atoms with Gasteiger partial charge >= 0.3 is 0 Å². The number of carbonyl (C=O) groups is 1. The van der Waals surface area contributed by atoms with Crippen molar-refractivity contribution >= 4 is 23.4 Å². The van der Waals surface area contributed by atoms with Crippen LogP contribution < -0.4 is 5.32 Å². The first kappa shape index (κ1) is 13.5. The number of halogens is 2. The second-order valence-electron chi connectivity index (χ2n) is 3.64. The Morgan fingerprint density at radius 1 is 1.42 bits per heavy atom. The van der Waals surface area contributed by atoms with E-state index in [1.54, 1.807) is 6.92 Å². The average molecular weight is 284 g/mol. The summed E-state index contributed by atoms with van der Waals surface area (Å²) in [6.45, 7) is 1.60. The molecule has 0 aliphatic carbocycles. The molecule has 0 bridgehead atoms. The van der Waals surface area contributed by atoms with Crippen LogP contribution in [0.4, 0.5) is 14.5 Å². The van der Waals surface area contributed by atoms with Gasteiger partial charge in [0.05, 0.1) is 5.25 Å². The van der Waals surface area contributed by atoms with E-state index in [1.807, 2.05) is 0 Å². The summed E-state index contributed by atoms with van der Waals surface area (Å²) in [6.07, 6.45) is 1.31. The molecule has 1 atom stereocenters. The maximum Gasteiger partial charge on any atom is 0.237 e. The molecule has 1 aromatic carbocycles. The van der Waals surface area contributed by atoms with Crippen LogP contribution >= 0.6 is 11.8 Å². The number of benzene rings is 1. The fourth-order valence-electron chi connectivity index (χ4n) is 1.31. The van der Waals surface area contributed by atoms with E-state index >= 15 is 0 Å². The zero-order chi connectivity index (χ0) is 13.8.